The SMILES string of the molecule is COc1ccc([C@H]2c3cc(OC)c(OC)cc3CCN2C(=O)c2c(-c3c(Cl)cccc3Cl)noc2C)cc1OC. The van der Waals surface area contributed by atoms with E-state index in [1.807, 2.05) is 30.3 Å². The number of methoxy groups -OCH3 is 4. The average Bonchev–Trinajstić information content (AvgIpc) is 3.35. The van der Waals surface area contributed by atoms with Gasteiger partial charge in [-0.25, -0.2) is 0 Å². The van der Waals surface area contributed by atoms with Crippen molar-refractivity contribution in [2.24, 2.45) is 0 Å². The minimum atomic E-state index is -0.500. The van der Waals surface area contributed by atoms with E-state index < -0.39 is 6.04 Å². The lowest BCUT2D eigenvalue weighted by Gasteiger charge is -2.38. The van der Waals surface area contributed by atoms with Gasteiger partial charge in [-0.05, 0) is 66.4 Å². The minimum Gasteiger partial charge on any atom is -0.493 e. The molecular weight excluding hydrogens is 555 g/mol. The Labute approximate surface area is 242 Å². The smallest absolute Gasteiger partial charge is 0.260 e. The minimum absolute atomic E-state index is 0.273. The van der Waals surface area contributed by atoms with E-state index in [9.17, 15) is 4.79 Å². The summed E-state index contributed by atoms with van der Waals surface area (Å²) in [5.41, 5.74) is 3.79. The molecule has 1 amide bonds. The number of fused-ring (bicyclic) bond motifs is 1. The molecule has 3 aromatic carbocycles. The van der Waals surface area contributed by atoms with Crippen molar-refractivity contribution in [2.45, 2.75) is 19.4 Å². The van der Waals surface area contributed by atoms with Crippen LogP contribution >= 0.6 is 23.2 Å². The molecule has 2 heterocycles. The van der Waals surface area contributed by atoms with E-state index in [4.69, 9.17) is 46.7 Å². The van der Waals surface area contributed by atoms with Gasteiger partial charge in [0.1, 0.15) is 17.0 Å². The van der Waals surface area contributed by atoms with E-state index in [0.717, 1.165) is 16.7 Å². The van der Waals surface area contributed by atoms with Gasteiger partial charge in [0.15, 0.2) is 23.0 Å². The van der Waals surface area contributed by atoms with Crippen LogP contribution in [-0.2, 0) is 6.42 Å². The Bertz CT molecular complexity index is 1560. The highest BCUT2D eigenvalue weighted by atomic mass is 35.5. The number of nitrogens with zero attached hydrogens (tertiary/aromatic N) is 2. The van der Waals surface area contributed by atoms with Crippen LogP contribution in [0.2, 0.25) is 10.0 Å². The van der Waals surface area contributed by atoms with Gasteiger partial charge in [0, 0.05) is 12.1 Å². The van der Waals surface area contributed by atoms with Gasteiger partial charge in [-0.3, -0.25) is 4.79 Å². The lowest BCUT2D eigenvalue weighted by molar-refractivity contribution is 0.0693. The number of aromatic nitrogens is 1. The second-order valence-electron chi connectivity index (χ2n) is 9.23. The maximum absolute atomic E-state index is 14.5. The van der Waals surface area contributed by atoms with Crippen LogP contribution in [-0.4, -0.2) is 50.9 Å². The predicted molar refractivity (Wildman–Crippen MR) is 152 cm³/mol. The first-order valence-corrected chi connectivity index (χ1v) is 13.3. The summed E-state index contributed by atoms with van der Waals surface area (Å²) in [6, 6.07) is 14.1. The van der Waals surface area contributed by atoms with E-state index in [2.05, 4.69) is 5.16 Å². The molecule has 1 aliphatic rings. The Hall–Kier alpha value is -3.88. The molecule has 0 spiro atoms. The third kappa shape index (κ3) is 4.71. The maximum Gasteiger partial charge on any atom is 0.260 e. The first kappa shape index (κ1) is 27.7. The van der Waals surface area contributed by atoms with Crippen molar-refractivity contribution in [3.05, 3.63) is 86.6 Å². The van der Waals surface area contributed by atoms with E-state index >= 15 is 0 Å². The van der Waals surface area contributed by atoms with Crippen LogP contribution in [0.1, 0.15) is 38.9 Å². The number of hydrogen-bond donors (Lipinski definition) is 0. The van der Waals surface area contributed by atoms with Crippen molar-refractivity contribution in [2.75, 3.05) is 35.0 Å². The Morgan fingerprint density at radius 1 is 0.900 bits per heavy atom. The normalized spacial score (nSPS) is 14.5. The molecule has 4 aromatic rings. The fourth-order valence-corrected chi connectivity index (χ4v) is 5.79. The molecule has 0 fully saturated rings. The molecule has 5 rings (SSSR count). The van der Waals surface area contributed by atoms with Gasteiger partial charge in [0.25, 0.3) is 5.91 Å². The monoisotopic (exact) mass is 582 g/mol. The molecule has 0 bridgehead atoms. The summed E-state index contributed by atoms with van der Waals surface area (Å²) in [7, 11) is 6.34. The Kier molecular flexibility index (Phi) is 7.83. The summed E-state index contributed by atoms with van der Waals surface area (Å²) in [5, 5.41) is 4.94. The average molecular weight is 583 g/mol. The summed E-state index contributed by atoms with van der Waals surface area (Å²) in [4.78, 5) is 16.3. The molecule has 1 aliphatic heterocycles. The van der Waals surface area contributed by atoms with Crippen molar-refractivity contribution in [3.8, 4) is 34.3 Å². The molecule has 0 unspecified atom stereocenters. The lowest BCUT2D eigenvalue weighted by Crippen LogP contribution is -2.41. The van der Waals surface area contributed by atoms with Crippen LogP contribution in [0.15, 0.2) is 53.1 Å². The number of carbonyl (C=O) groups is 1. The number of carbonyl (C=O) groups excluding carboxylic acids is 1. The number of halogens is 2. The zero-order chi connectivity index (χ0) is 28.6. The van der Waals surface area contributed by atoms with Crippen molar-refractivity contribution in [1.29, 1.82) is 0 Å². The molecule has 40 heavy (non-hydrogen) atoms. The fourth-order valence-electron chi connectivity index (χ4n) is 5.21. The quantitative estimate of drug-likeness (QED) is 0.237. The lowest BCUT2D eigenvalue weighted by atomic mass is 9.86. The Balaban J connectivity index is 1.70. The van der Waals surface area contributed by atoms with Crippen LogP contribution in [0, 0.1) is 6.92 Å². The van der Waals surface area contributed by atoms with E-state index in [1.54, 1.807) is 58.5 Å². The van der Waals surface area contributed by atoms with Gasteiger partial charge in [0.05, 0.1) is 44.5 Å². The predicted octanol–water partition coefficient (Wildman–Crippen LogP) is 6.78. The largest absolute Gasteiger partial charge is 0.493 e. The van der Waals surface area contributed by atoms with Gasteiger partial charge < -0.3 is 28.4 Å². The van der Waals surface area contributed by atoms with Crippen molar-refractivity contribution >= 4 is 29.1 Å². The van der Waals surface area contributed by atoms with Gasteiger partial charge in [-0.15, -0.1) is 0 Å². The van der Waals surface area contributed by atoms with Gasteiger partial charge in [0.2, 0.25) is 0 Å². The van der Waals surface area contributed by atoms with E-state index in [1.165, 1.54) is 0 Å². The number of hydrogen-bond acceptors (Lipinski definition) is 7. The van der Waals surface area contributed by atoms with Crippen LogP contribution in [0.25, 0.3) is 11.3 Å². The number of benzene rings is 3. The van der Waals surface area contributed by atoms with Gasteiger partial charge in [-0.2, -0.15) is 0 Å². The molecule has 10 heteroatoms. The van der Waals surface area contributed by atoms with Crippen LogP contribution in [0.3, 0.4) is 0 Å². The summed E-state index contributed by atoms with van der Waals surface area (Å²) in [5.74, 6) is 2.40. The molecular formula is C30H28Cl2N2O6. The zero-order valence-electron chi connectivity index (χ0n) is 22.7. The highest BCUT2D eigenvalue weighted by Crippen LogP contribution is 2.45. The summed E-state index contributed by atoms with van der Waals surface area (Å²) in [6.45, 7) is 2.12. The van der Waals surface area contributed by atoms with Crippen molar-refractivity contribution < 1.29 is 28.3 Å². The fraction of sp³-hybridized carbons (Fsp3) is 0.267. The van der Waals surface area contributed by atoms with Crippen LogP contribution in [0.4, 0.5) is 0 Å². The summed E-state index contributed by atoms with van der Waals surface area (Å²) < 4.78 is 27.8. The second kappa shape index (κ2) is 11.3. The van der Waals surface area contributed by atoms with Crippen LogP contribution in [0.5, 0.6) is 23.0 Å². The van der Waals surface area contributed by atoms with E-state index in [0.29, 0.717) is 68.6 Å². The third-order valence-electron chi connectivity index (χ3n) is 7.13. The summed E-state index contributed by atoms with van der Waals surface area (Å²) in [6.07, 6.45) is 0.595. The standard InChI is InChI=1S/C30H28Cl2N2O6/c1-16-26(28(33-40-16)27-20(31)7-6-8-21(27)32)30(35)34-12-11-17-13-24(38-4)25(39-5)15-19(17)29(34)18-9-10-22(36-2)23(14-18)37-3/h6-10,13-15,29H,11-12H2,1-5H3/t29-/m0/s1. The molecule has 1 atom stereocenters. The first-order valence-electron chi connectivity index (χ1n) is 12.5. The maximum atomic E-state index is 14.5. The topological polar surface area (TPSA) is 83.3 Å². The molecule has 0 aliphatic carbocycles. The molecule has 0 N–H and O–H groups in total. The molecule has 0 saturated carbocycles. The second-order valence-corrected chi connectivity index (χ2v) is 10.0. The third-order valence-corrected chi connectivity index (χ3v) is 7.76. The van der Waals surface area contributed by atoms with E-state index in [-0.39, 0.29) is 5.91 Å². The molecule has 0 radical (unpaired) electrons. The van der Waals surface area contributed by atoms with Gasteiger partial charge >= 0.3 is 0 Å². The highest BCUT2D eigenvalue weighted by molar-refractivity contribution is 6.39. The number of ether oxygens (including phenoxy) is 4. The van der Waals surface area contributed by atoms with Crippen molar-refractivity contribution in [1.82, 2.24) is 10.1 Å². The molecule has 0 saturated heterocycles. The van der Waals surface area contributed by atoms with Crippen LogP contribution < -0.4 is 18.9 Å². The first-order chi connectivity index (χ1) is 19.3. The van der Waals surface area contributed by atoms with Crippen molar-refractivity contribution in [3.63, 3.8) is 0 Å². The molecule has 1 aromatic heterocycles. The number of aryl methyl sites for hydroxylation is 1. The number of amides is 1. The molecule has 8 nitrogen and oxygen atoms in total. The van der Waals surface area contributed by atoms with Gasteiger partial charge in [-0.1, -0.05) is 40.5 Å². The highest BCUT2D eigenvalue weighted by Gasteiger charge is 2.37. The zero-order valence-corrected chi connectivity index (χ0v) is 24.2. The Morgan fingerprint density at radius 3 is 2.17 bits per heavy atom. The molecule has 208 valence electrons. The summed E-state index contributed by atoms with van der Waals surface area (Å²) >= 11 is 13.0. The Morgan fingerprint density at radius 2 is 1.52 bits per heavy atom. The number of rotatable bonds is 7.